The van der Waals surface area contributed by atoms with Crippen molar-refractivity contribution in [1.82, 2.24) is 0 Å². The number of aromatic nitrogens is 1. The zero-order valence-corrected chi connectivity index (χ0v) is 12.7. The second kappa shape index (κ2) is 4.22. The molecule has 0 aliphatic heterocycles. The first-order valence-electron chi connectivity index (χ1n) is 6.77. The second-order valence-corrected chi connectivity index (χ2v) is 7.29. The Morgan fingerprint density at radius 3 is 1.95 bits per heavy atom. The summed E-state index contributed by atoms with van der Waals surface area (Å²) in [4.78, 5) is 0. The van der Waals surface area contributed by atoms with E-state index in [1.165, 1.54) is 11.1 Å². The number of hydrogen-bond acceptors (Lipinski definition) is 1. The van der Waals surface area contributed by atoms with Gasteiger partial charge in [-0.2, -0.15) is 4.73 Å². The number of fused-ring (bicyclic) bond motifs is 1. The zero-order chi connectivity index (χ0) is 14.4. The third kappa shape index (κ3) is 2.58. The van der Waals surface area contributed by atoms with Crippen LogP contribution in [-0.2, 0) is 10.8 Å². The highest BCUT2D eigenvalue weighted by Crippen LogP contribution is 2.35. The minimum atomic E-state index is 0.0274. The van der Waals surface area contributed by atoms with Gasteiger partial charge in [0.05, 0.1) is 0 Å². The van der Waals surface area contributed by atoms with E-state index in [1.54, 1.807) is 12.3 Å². The molecule has 1 aromatic heterocycles. The molecule has 2 heteroatoms. The molecule has 0 aliphatic carbocycles. The van der Waals surface area contributed by atoms with E-state index in [2.05, 4.69) is 53.7 Å². The molecule has 0 spiro atoms. The number of hydrogen-bond donors (Lipinski definition) is 0. The maximum Gasteiger partial charge on any atom is 0.224 e. The lowest BCUT2D eigenvalue weighted by Crippen LogP contribution is -2.28. The van der Waals surface area contributed by atoms with Crippen LogP contribution in [0.25, 0.3) is 10.9 Å². The molecule has 0 aliphatic rings. The molecule has 2 rings (SSSR count). The van der Waals surface area contributed by atoms with Gasteiger partial charge in [-0.05, 0) is 34.1 Å². The van der Waals surface area contributed by atoms with Crippen LogP contribution < -0.4 is 4.73 Å². The first-order valence-corrected chi connectivity index (χ1v) is 6.77. The molecular weight excluding hydrogens is 234 g/mol. The van der Waals surface area contributed by atoms with Gasteiger partial charge in [0.1, 0.15) is 0 Å². The van der Waals surface area contributed by atoms with Crippen LogP contribution in [0.15, 0.2) is 30.5 Å². The number of pyridine rings is 1. The van der Waals surface area contributed by atoms with Crippen molar-refractivity contribution in [2.45, 2.75) is 52.4 Å². The lowest BCUT2D eigenvalue weighted by Gasteiger charge is -2.30. The van der Waals surface area contributed by atoms with Crippen molar-refractivity contribution in [3.05, 3.63) is 46.8 Å². The van der Waals surface area contributed by atoms with E-state index in [-0.39, 0.29) is 10.8 Å². The molecule has 0 bridgehead atoms. The maximum atomic E-state index is 11.9. The smallest absolute Gasteiger partial charge is 0.224 e. The number of rotatable bonds is 0. The second-order valence-electron chi connectivity index (χ2n) is 7.29. The SMILES string of the molecule is CC(C)(C)c1cc2ccc[n+]([O-])c2cc1C(C)(C)C. The van der Waals surface area contributed by atoms with Gasteiger partial charge in [-0.15, -0.1) is 0 Å². The summed E-state index contributed by atoms with van der Waals surface area (Å²) in [5.74, 6) is 0. The molecule has 2 aromatic rings. The van der Waals surface area contributed by atoms with E-state index < -0.39 is 0 Å². The summed E-state index contributed by atoms with van der Waals surface area (Å²) in [7, 11) is 0. The summed E-state index contributed by atoms with van der Waals surface area (Å²) in [6, 6.07) is 8.04. The van der Waals surface area contributed by atoms with Crippen molar-refractivity contribution in [2.75, 3.05) is 0 Å². The maximum absolute atomic E-state index is 11.9. The summed E-state index contributed by atoms with van der Waals surface area (Å²) >= 11 is 0. The van der Waals surface area contributed by atoms with Gasteiger partial charge >= 0.3 is 0 Å². The molecule has 0 atom stereocenters. The largest absolute Gasteiger partial charge is 0.618 e. The van der Waals surface area contributed by atoms with Crippen LogP contribution in [-0.4, -0.2) is 0 Å². The standard InChI is InChI=1S/C17H23NO/c1-16(2,3)13-10-12-8-7-9-18(19)15(12)11-14(13)17(4,5)6/h7-11H,1-6H3. The number of benzene rings is 1. The summed E-state index contributed by atoms with van der Waals surface area (Å²) < 4.78 is 0.955. The van der Waals surface area contributed by atoms with Crippen LogP contribution in [0.4, 0.5) is 0 Å². The van der Waals surface area contributed by atoms with Gasteiger partial charge in [0.15, 0.2) is 6.20 Å². The Morgan fingerprint density at radius 2 is 1.42 bits per heavy atom. The van der Waals surface area contributed by atoms with Crippen LogP contribution in [0, 0.1) is 5.21 Å². The highest BCUT2D eigenvalue weighted by molar-refractivity contribution is 5.78. The van der Waals surface area contributed by atoms with Crippen molar-refractivity contribution >= 4 is 10.9 Å². The molecule has 2 nitrogen and oxygen atoms in total. The van der Waals surface area contributed by atoms with E-state index in [1.807, 2.05) is 6.07 Å². The molecule has 1 heterocycles. The third-order valence-corrected chi connectivity index (χ3v) is 3.52. The summed E-state index contributed by atoms with van der Waals surface area (Å²) in [6.07, 6.45) is 1.56. The van der Waals surface area contributed by atoms with E-state index in [0.29, 0.717) is 0 Å². The minimum absolute atomic E-state index is 0.0274. The predicted octanol–water partition coefficient (Wildman–Crippen LogP) is 4.07. The Hall–Kier alpha value is -1.57. The molecule has 102 valence electrons. The van der Waals surface area contributed by atoms with Gasteiger partial charge in [0, 0.05) is 17.5 Å². The fourth-order valence-electron chi connectivity index (χ4n) is 2.48. The molecule has 19 heavy (non-hydrogen) atoms. The van der Waals surface area contributed by atoms with Crippen molar-refractivity contribution in [3.8, 4) is 0 Å². The highest BCUT2D eigenvalue weighted by atomic mass is 16.5. The van der Waals surface area contributed by atoms with Crippen molar-refractivity contribution in [1.29, 1.82) is 0 Å². The first kappa shape index (κ1) is 13.9. The quantitative estimate of drug-likeness (QED) is 0.516. The average Bonchev–Trinajstić information content (AvgIpc) is 2.25. The van der Waals surface area contributed by atoms with Gasteiger partial charge in [0.25, 0.3) is 0 Å². The number of nitrogens with zero attached hydrogens (tertiary/aromatic N) is 1. The topological polar surface area (TPSA) is 26.9 Å². The van der Waals surface area contributed by atoms with Gasteiger partial charge in [0.2, 0.25) is 5.52 Å². The summed E-state index contributed by atoms with van der Waals surface area (Å²) in [6.45, 7) is 13.2. The fraction of sp³-hybridized carbons (Fsp3) is 0.471. The lowest BCUT2D eigenvalue weighted by atomic mass is 9.74. The summed E-state index contributed by atoms with van der Waals surface area (Å²) in [5, 5.41) is 12.9. The van der Waals surface area contributed by atoms with Crippen LogP contribution in [0.2, 0.25) is 0 Å². The van der Waals surface area contributed by atoms with E-state index in [9.17, 15) is 5.21 Å². The monoisotopic (exact) mass is 257 g/mol. The Kier molecular flexibility index (Phi) is 3.08. The predicted molar refractivity (Wildman–Crippen MR) is 80.3 cm³/mol. The van der Waals surface area contributed by atoms with Gasteiger partial charge in [-0.3, -0.25) is 0 Å². The minimum Gasteiger partial charge on any atom is -0.618 e. The Morgan fingerprint density at radius 1 is 0.895 bits per heavy atom. The lowest BCUT2D eigenvalue weighted by molar-refractivity contribution is -0.577. The molecule has 0 saturated carbocycles. The highest BCUT2D eigenvalue weighted by Gasteiger charge is 2.26. The van der Waals surface area contributed by atoms with Crippen LogP contribution in [0.3, 0.4) is 0 Å². The molecule has 0 amide bonds. The molecule has 0 fully saturated rings. The molecule has 1 aromatic carbocycles. The van der Waals surface area contributed by atoms with E-state index >= 15 is 0 Å². The van der Waals surface area contributed by atoms with E-state index in [4.69, 9.17) is 0 Å². The molecule has 0 N–H and O–H groups in total. The first-order chi connectivity index (χ1) is 8.60. The molecule has 0 unspecified atom stereocenters. The summed E-state index contributed by atoms with van der Waals surface area (Å²) in [5.41, 5.74) is 3.42. The van der Waals surface area contributed by atoms with Crippen molar-refractivity contribution in [3.63, 3.8) is 0 Å². The van der Waals surface area contributed by atoms with E-state index in [0.717, 1.165) is 15.6 Å². The van der Waals surface area contributed by atoms with Crippen molar-refractivity contribution < 1.29 is 4.73 Å². The van der Waals surface area contributed by atoms with Crippen LogP contribution in [0.5, 0.6) is 0 Å². The van der Waals surface area contributed by atoms with Crippen molar-refractivity contribution in [2.24, 2.45) is 0 Å². The molecule has 0 radical (unpaired) electrons. The zero-order valence-electron chi connectivity index (χ0n) is 12.7. The van der Waals surface area contributed by atoms with Gasteiger partial charge in [-0.1, -0.05) is 41.5 Å². The molecule has 0 saturated heterocycles. The normalized spacial score (nSPS) is 12.9. The average molecular weight is 257 g/mol. The van der Waals surface area contributed by atoms with Crippen LogP contribution >= 0.6 is 0 Å². The molecular formula is C17H23NO. The third-order valence-electron chi connectivity index (χ3n) is 3.52. The Balaban J connectivity index is 2.87. The van der Waals surface area contributed by atoms with Gasteiger partial charge in [-0.25, -0.2) is 0 Å². The van der Waals surface area contributed by atoms with Gasteiger partial charge < -0.3 is 5.21 Å². The van der Waals surface area contributed by atoms with Crippen LogP contribution in [0.1, 0.15) is 52.7 Å². The Bertz CT molecular complexity index is 615. The fourth-order valence-corrected chi connectivity index (χ4v) is 2.48. The Labute approximate surface area is 115 Å².